The third kappa shape index (κ3) is 5.26. The van der Waals surface area contributed by atoms with Crippen molar-refractivity contribution in [3.05, 3.63) is 46.1 Å². The molecular weight excluding hydrogens is 423 g/mol. The standard InChI is InChI=1S/C19H21FN2O3S2.ClH/c1-3-22-9-8-14-15(10-22)27-18(17(14)19(24)25-2)21-16(23)11-26-13-6-4-12(20)5-7-13;/h4-7H,3,8-11H2,1-2H3,(H,21,23);1H. The van der Waals surface area contributed by atoms with E-state index in [1.807, 2.05) is 0 Å². The Morgan fingerprint density at radius 1 is 1.32 bits per heavy atom. The van der Waals surface area contributed by atoms with E-state index in [0.29, 0.717) is 10.6 Å². The van der Waals surface area contributed by atoms with Gasteiger partial charge in [0.05, 0.1) is 18.4 Å². The number of methoxy groups -OCH3 is 1. The van der Waals surface area contributed by atoms with E-state index < -0.39 is 5.97 Å². The minimum absolute atomic E-state index is 0. The topological polar surface area (TPSA) is 58.6 Å². The number of thiophene rings is 1. The van der Waals surface area contributed by atoms with Crippen LogP contribution in [0.3, 0.4) is 0 Å². The molecule has 1 aliphatic heterocycles. The summed E-state index contributed by atoms with van der Waals surface area (Å²) in [4.78, 5) is 28.9. The number of carbonyl (C=O) groups is 2. The molecule has 0 fully saturated rings. The van der Waals surface area contributed by atoms with Crippen molar-refractivity contribution in [1.82, 2.24) is 4.90 Å². The first-order valence-corrected chi connectivity index (χ1v) is 10.5. The second-order valence-corrected chi connectivity index (χ2v) is 8.26. The highest BCUT2D eigenvalue weighted by Crippen LogP contribution is 2.37. The van der Waals surface area contributed by atoms with Crippen LogP contribution < -0.4 is 5.32 Å². The van der Waals surface area contributed by atoms with Crippen molar-refractivity contribution < 1.29 is 18.7 Å². The Bertz CT molecular complexity index is 842. The summed E-state index contributed by atoms with van der Waals surface area (Å²) in [6.45, 7) is 4.72. The maximum Gasteiger partial charge on any atom is 0.341 e. The van der Waals surface area contributed by atoms with E-state index in [9.17, 15) is 14.0 Å². The summed E-state index contributed by atoms with van der Waals surface area (Å²) < 4.78 is 17.9. The number of benzene rings is 1. The highest BCUT2D eigenvalue weighted by molar-refractivity contribution is 8.00. The molecule has 0 saturated heterocycles. The maximum atomic E-state index is 13.0. The van der Waals surface area contributed by atoms with Crippen LogP contribution in [0.15, 0.2) is 29.2 Å². The van der Waals surface area contributed by atoms with Gasteiger partial charge in [-0.25, -0.2) is 9.18 Å². The van der Waals surface area contributed by atoms with Gasteiger partial charge in [0.1, 0.15) is 10.8 Å². The van der Waals surface area contributed by atoms with Crippen LogP contribution in [-0.4, -0.2) is 42.7 Å². The number of esters is 1. The number of hydrogen-bond acceptors (Lipinski definition) is 6. The summed E-state index contributed by atoms with van der Waals surface area (Å²) in [5.74, 6) is -0.758. The molecule has 2 aromatic rings. The van der Waals surface area contributed by atoms with Crippen LogP contribution >= 0.6 is 35.5 Å². The lowest BCUT2D eigenvalue weighted by atomic mass is 10.0. The molecule has 3 rings (SSSR count). The number of halogens is 2. The molecule has 152 valence electrons. The summed E-state index contributed by atoms with van der Waals surface area (Å²) in [7, 11) is 1.35. The third-order valence-electron chi connectivity index (χ3n) is 4.41. The van der Waals surface area contributed by atoms with Gasteiger partial charge in [0.2, 0.25) is 5.91 Å². The third-order valence-corrected chi connectivity index (χ3v) is 6.55. The first-order chi connectivity index (χ1) is 13.0. The van der Waals surface area contributed by atoms with E-state index in [2.05, 4.69) is 17.1 Å². The predicted molar refractivity (Wildman–Crippen MR) is 113 cm³/mol. The van der Waals surface area contributed by atoms with Crippen LogP contribution in [0.2, 0.25) is 0 Å². The Kier molecular flexibility index (Phi) is 8.30. The van der Waals surface area contributed by atoms with E-state index >= 15 is 0 Å². The first-order valence-electron chi connectivity index (χ1n) is 8.65. The van der Waals surface area contributed by atoms with Gasteiger partial charge < -0.3 is 10.1 Å². The number of nitrogens with zero attached hydrogens (tertiary/aromatic N) is 1. The summed E-state index contributed by atoms with van der Waals surface area (Å²) in [5, 5.41) is 3.41. The minimum Gasteiger partial charge on any atom is -0.465 e. The number of rotatable bonds is 6. The lowest BCUT2D eigenvalue weighted by Crippen LogP contribution is -2.30. The Labute approximate surface area is 178 Å². The SMILES string of the molecule is CCN1CCc2c(sc(NC(=O)CSc3ccc(F)cc3)c2C(=O)OC)C1.Cl. The van der Waals surface area contributed by atoms with E-state index in [1.54, 1.807) is 12.1 Å². The van der Waals surface area contributed by atoms with Gasteiger partial charge in [-0.15, -0.1) is 35.5 Å². The fourth-order valence-electron chi connectivity index (χ4n) is 2.97. The second kappa shape index (κ2) is 10.2. The minimum atomic E-state index is -0.418. The highest BCUT2D eigenvalue weighted by Gasteiger charge is 2.28. The molecule has 0 aliphatic carbocycles. The monoisotopic (exact) mass is 444 g/mol. The predicted octanol–water partition coefficient (Wildman–Crippen LogP) is 4.20. The fourth-order valence-corrected chi connectivity index (χ4v) is 4.97. The molecule has 0 saturated carbocycles. The Morgan fingerprint density at radius 3 is 2.68 bits per heavy atom. The van der Waals surface area contributed by atoms with Crippen molar-refractivity contribution >= 4 is 52.4 Å². The second-order valence-electron chi connectivity index (χ2n) is 6.11. The van der Waals surface area contributed by atoms with Crippen LogP contribution in [-0.2, 0) is 22.5 Å². The summed E-state index contributed by atoms with van der Waals surface area (Å²) in [6, 6.07) is 6.00. The van der Waals surface area contributed by atoms with Crippen LogP contribution in [0.25, 0.3) is 0 Å². The normalized spacial score (nSPS) is 13.4. The molecule has 0 radical (unpaired) electrons. The Balaban J connectivity index is 0.00000280. The zero-order valence-electron chi connectivity index (χ0n) is 15.6. The molecule has 1 amide bonds. The Hall–Kier alpha value is -1.61. The molecule has 0 bridgehead atoms. The van der Waals surface area contributed by atoms with E-state index in [1.165, 1.54) is 42.3 Å². The molecular formula is C19H22ClFN2O3S2. The van der Waals surface area contributed by atoms with Gasteiger partial charge in [-0.3, -0.25) is 9.69 Å². The van der Waals surface area contributed by atoms with Crippen molar-refractivity contribution in [2.45, 2.75) is 24.8 Å². The quantitative estimate of drug-likeness (QED) is 0.534. The molecule has 9 heteroatoms. The number of thioether (sulfide) groups is 1. The van der Waals surface area contributed by atoms with Crippen molar-refractivity contribution in [3.63, 3.8) is 0 Å². The van der Waals surface area contributed by atoms with Crippen LogP contribution in [0, 0.1) is 5.82 Å². The van der Waals surface area contributed by atoms with Crippen molar-refractivity contribution in [2.24, 2.45) is 0 Å². The number of ether oxygens (including phenoxy) is 1. The van der Waals surface area contributed by atoms with Crippen LogP contribution in [0.4, 0.5) is 9.39 Å². The van der Waals surface area contributed by atoms with Gasteiger partial charge in [0.15, 0.2) is 0 Å². The Morgan fingerprint density at radius 2 is 2.04 bits per heavy atom. The van der Waals surface area contributed by atoms with Crippen molar-refractivity contribution in [2.75, 3.05) is 31.3 Å². The number of hydrogen-bond donors (Lipinski definition) is 1. The maximum absolute atomic E-state index is 13.0. The summed E-state index contributed by atoms with van der Waals surface area (Å²) >= 11 is 2.76. The smallest absolute Gasteiger partial charge is 0.341 e. The van der Waals surface area contributed by atoms with Gasteiger partial charge in [-0.1, -0.05) is 6.92 Å². The van der Waals surface area contributed by atoms with Crippen molar-refractivity contribution in [1.29, 1.82) is 0 Å². The fraction of sp³-hybridized carbons (Fsp3) is 0.368. The average Bonchev–Trinajstić information content (AvgIpc) is 3.03. The molecule has 0 atom stereocenters. The van der Waals surface area contributed by atoms with Gasteiger partial charge in [0, 0.05) is 22.9 Å². The van der Waals surface area contributed by atoms with E-state index in [0.717, 1.165) is 41.4 Å². The summed E-state index contributed by atoms with van der Waals surface area (Å²) in [5.41, 5.74) is 1.46. The average molecular weight is 445 g/mol. The van der Waals surface area contributed by atoms with Gasteiger partial charge in [-0.2, -0.15) is 0 Å². The van der Waals surface area contributed by atoms with Gasteiger partial charge in [0.25, 0.3) is 0 Å². The lowest BCUT2D eigenvalue weighted by Gasteiger charge is -2.25. The molecule has 1 aromatic carbocycles. The highest BCUT2D eigenvalue weighted by atomic mass is 35.5. The molecule has 2 heterocycles. The van der Waals surface area contributed by atoms with Crippen LogP contribution in [0.5, 0.6) is 0 Å². The molecule has 1 N–H and O–H groups in total. The molecule has 28 heavy (non-hydrogen) atoms. The molecule has 1 aromatic heterocycles. The van der Waals surface area contributed by atoms with Crippen LogP contribution in [0.1, 0.15) is 27.7 Å². The number of anilines is 1. The lowest BCUT2D eigenvalue weighted by molar-refractivity contribution is -0.113. The number of nitrogens with one attached hydrogen (secondary N) is 1. The summed E-state index contributed by atoms with van der Waals surface area (Å²) in [6.07, 6.45) is 0.768. The zero-order valence-corrected chi connectivity index (χ0v) is 18.1. The van der Waals surface area contributed by atoms with Gasteiger partial charge in [-0.05, 0) is 42.8 Å². The van der Waals surface area contributed by atoms with Gasteiger partial charge >= 0.3 is 5.97 Å². The zero-order chi connectivity index (χ0) is 19.4. The number of carbonyl (C=O) groups excluding carboxylic acids is 2. The number of amides is 1. The van der Waals surface area contributed by atoms with Crippen molar-refractivity contribution in [3.8, 4) is 0 Å². The van der Waals surface area contributed by atoms with E-state index in [-0.39, 0.29) is 29.9 Å². The molecule has 0 unspecified atom stereocenters. The molecule has 5 nitrogen and oxygen atoms in total. The largest absolute Gasteiger partial charge is 0.465 e. The molecule has 0 spiro atoms. The number of likely N-dealkylation sites (N-methyl/N-ethyl adjacent to an activating group) is 1. The first kappa shape index (κ1) is 22.7. The molecule has 1 aliphatic rings. The number of fused-ring (bicyclic) bond motifs is 1. The van der Waals surface area contributed by atoms with E-state index in [4.69, 9.17) is 4.74 Å².